The van der Waals surface area contributed by atoms with Crippen LogP contribution in [-0.2, 0) is 4.74 Å². The molecular weight excluding hydrogens is 315 g/mol. The van der Waals surface area contributed by atoms with E-state index in [1.54, 1.807) is 19.1 Å². The zero-order valence-corrected chi connectivity index (χ0v) is 12.6. The van der Waals surface area contributed by atoms with Gasteiger partial charge in [-0.15, -0.1) is 0 Å². The summed E-state index contributed by atoms with van der Waals surface area (Å²) in [6.07, 6.45) is 1.40. The molecule has 0 aliphatic heterocycles. The molecular formula is C14H12Cl2N2O3. The molecule has 0 amide bonds. The number of carbonyl (C=O) groups is 1. The average molecular weight is 327 g/mol. The van der Waals surface area contributed by atoms with Crippen LogP contribution in [0.5, 0.6) is 11.6 Å². The van der Waals surface area contributed by atoms with Gasteiger partial charge in [0.15, 0.2) is 0 Å². The van der Waals surface area contributed by atoms with E-state index in [4.69, 9.17) is 38.4 Å². The molecule has 2 N–H and O–H groups in total. The van der Waals surface area contributed by atoms with Crippen LogP contribution in [0, 0.1) is 0 Å². The molecule has 7 heteroatoms. The van der Waals surface area contributed by atoms with Crippen molar-refractivity contribution in [3.05, 3.63) is 46.1 Å². The van der Waals surface area contributed by atoms with Gasteiger partial charge < -0.3 is 15.2 Å². The Morgan fingerprint density at radius 2 is 2.10 bits per heavy atom. The second-order valence-electron chi connectivity index (χ2n) is 3.97. The minimum absolute atomic E-state index is 0.0599. The van der Waals surface area contributed by atoms with Crippen LogP contribution in [0.2, 0.25) is 10.0 Å². The van der Waals surface area contributed by atoms with E-state index >= 15 is 0 Å². The first-order valence-electron chi connectivity index (χ1n) is 6.07. The Labute approximate surface area is 131 Å². The number of benzene rings is 1. The largest absolute Gasteiger partial charge is 0.462 e. The van der Waals surface area contributed by atoms with Crippen LogP contribution in [0.15, 0.2) is 30.5 Å². The number of nitrogen functional groups attached to an aromatic ring is 1. The van der Waals surface area contributed by atoms with Gasteiger partial charge in [-0.05, 0) is 25.1 Å². The number of pyridine rings is 1. The van der Waals surface area contributed by atoms with Gasteiger partial charge in [-0.25, -0.2) is 9.78 Å². The number of nitrogens with two attached hydrogens (primary N) is 1. The molecule has 1 aromatic carbocycles. The van der Waals surface area contributed by atoms with Crippen LogP contribution >= 0.6 is 23.2 Å². The summed E-state index contributed by atoms with van der Waals surface area (Å²) in [5, 5.41) is 0.802. The van der Waals surface area contributed by atoms with Crippen LogP contribution in [0.3, 0.4) is 0 Å². The SMILES string of the molecule is CCOC(=O)c1ccnc(Oc2cc(Cl)ccc2Cl)c1N. The maximum absolute atomic E-state index is 11.8. The fourth-order valence-corrected chi connectivity index (χ4v) is 1.90. The van der Waals surface area contributed by atoms with Crippen molar-refractivity contribution in [3.63, 3.8) is 0 Å². The third-order valence-electron chi connectivity index (χ3n) is 2.55. The number of anilines is 1. The molecule has 0 aliphatic carbocycles. The summed E-state index contributed by atoms with van der Waals surface area (Å²) in [5.74, 6) is -0.187. The highest BCUT2D eigenvalue weighted by molar-refractivity contribution is 6.34. The zero-order valence-electron chi connectivity index (χ0n) is 11.1. The fourth-order valence-electron chi connectivity index (χ4n) is 1.58. The number of carbonyl (C=O) groups excluding carboxylic acids is 1. The first kappa shape index (κ1) is 15.4. The molecule has 5 nitrogen and oxygen atoms in total. The topological polar surface area (TPSA) is 74.4 Å². The Kier molecular flexibility index (Phi) is 4.88. The summed E-state index contributed by atoms with van der Waals surface area (Å²) in [7, 11) is 0. The lowest BCUT2D eigenvalue weighted by Gasteiger charge is -2.11. The first-order chi connectivity index (χ1) is 10.0. The molecule has 0 unspecified atom stereocenters. The van der Waals surface area contributed by atoms with E-state index in [1.165, 1.54) is 18.3 Å². The van der Waals surface area contributed by atoms with Gasteiger partial charge in [0.05, 0.1) is 17.2 Å². The van der Waals surface area contributed by atoms with Gasteiger partial charge in [-0.3, -0.25) is 0 Å². The summed E-state index contributed by atoms with van der Waals surface area (Å²) < 4.78 is 10.4. The normalized spacial score (nSPS) is 10.2. The predicted molar refractivity (Wildman–Crippen MR) is 81.1 cm³/mol. The van der Waals surface area contributed by atoms with Crippen LogP contribution < -0.4 is 10.5 Å². The zero-order chi connectivity index (χ0) is 15.4. The third-order valence-corrected chi connectivity index (χ3v) is 3.10. The number of ether oxygens (including phenoxy) is 2. The van der Waals surface area contributed by atoms with Crippen LogP contribution in [0.4, 0.5) is 5.69 Å². The van der Waals surface area contributed by atoms with Crippen molar-refractivity contribution in [2.24, 2.45) is 0 Å². The van der Waals surface area contributed by atoms with Gasteiger partial charge in [-0.2, -0.15) is 0 Å². The van der Waals surface area contributed by atoms with Gasteiger partial charge in [0.25, 0.3) is 0 Å². The molecule has 2 aromatic rings. The number of nitrogens with zero attached hydrogens (tertiary/aromatic N) is 1. The second-order valence-corrected chi connectivity index (χ2v) is 4.82. The fraction of sp³-hybridized carbons (Fsp3) is 0.143. The van der Waals surface area contributed by atoms with Crippen molar-refractivity contribution in [1.82, 2.24) is 4.98 Å². The molecule has 0 bridgehead atoms. The maximum Gasteiger partial charge on any atom is 0.340 e. The highest BCUT2D eigenvalue weighted by atomic mass is 35.5. The van der Waals surface area contributed by atoms with E-state index in [0.29, 0.717) is 15.8 Å². The molecule has 0 saturated heterocycles. The predicted octanol–water partition coefficient (Wildman–Crippen LogP) is 3.94. The first-order valence-corrected chi connectivity index (χ1v) is 6.83. The Morgan fingerprint density at radius 1 is 1.33 bits per heavy atom. The lowest BCUT2D eigenvalue weighted by atomic mass is 10.2. The molecule has 0 atom stereocenters. The smallest absolute Gasteiger partial charge is 0.340 e. The van der Waals surface area contributed by atoms with Crippen molar-refractivity contribution in [2.75, 3.05) is 12.3 Å². The summed E-state index contributed by atoms with van der Waals surface area (Å²) in [5.41, 5.74) is 6.14. The molecule has 1 aromatic heterocycles. The molecule has 0 saturated carbocycles. The minimum Gasteiger partial charge on any atom is -0.462 e. The number of aromatic nitrogens is 1. The van der Waals surface area contributed by atoms with Crippen molar-refractivity contribution < 1.29 is 14.3 Å². The number of hydrogen-bond acceptors (Lipinski definition) is 5. The molecule has 0 radical (unpaired) electrons. The molecule has 1 heterocycles. The number of rotatable bonds is 4. The highest BCUT2D eigenvalue weighted by Gasteiger charge is 2.16. The van der Waals surface area contributed by atoms with Gasteiger partial charge in [0.2, 0.25) is 5.88 Å². The van der Waals surface area contributed by atoms with E-state index in [-0.39, 0.29) is 23.7 Å². The van der Waals surface area contributed by atoms with E-state index in [1.807, 2.05) is 0 Å². The van der Waals surface area contributed by atoms with Crippen LogP contribution in [-0.4, -0.2) is 17.6 Å². The van der Waals surface area contributed by atoms with E-state index < -0.39 is 5.97 Å². The Hall–Kier alpha value is -1.98. The second kappa shape index (κ2) is 6.65. The van der Waals surface area contributed by atoms with E-state index in [2.05, 4.69) is 4.98 Å². The number of esters is 1. The van der Waals surface area contributed by atoms with Crippen molar-refractivity contribution >= 4 is 34.9 Å². The monoisotopic (exact) mass is 326 g/mol. The molecule has 2 rings (SSSR count). The standard InChI is InChI=1S/C14H12Cl2N2O3/c1-2-20-14(19)9-5-6-18-13(12(9)17)21-11-7-8(15)3-4-10(11)16/h3-7H,2,17H2,1H3. The maximum atomic E-state index is 11.8. The Balaban J connectivity index is 2.35. The van der Waals surface area contributed by atoms with Crippen molar-refractivity contribution in [3.8, 4) is 11.6 Å². The summed E-state index contributed by atoms with van der Waals surface area (Å²) >= 11 is 11.9. The van der Waals surface area contributed by atoms with E-state index in [0.717, 1.165) is 0 Å². The molecule has 21 heavy (non-hydrogen) atoms. The quantitative estimate of drug-likeness (QED) is 0.861. The average Bonchev–Trinajstić information content (AvgIpc) is 2.45. The van der Waals surface area contributed by atoms with Crippen molar-refractivity contribution in [1.29, 1.82) is 0 Å². The lowest BCUT2D eigenvalue weighted by Crippen LogP contribution is -2.09. The highest BCUT2D eigenvalue weighted by Crippen LogP contribution is 2.34. The van der Waals surface area contributed by atoms with Gasteiger partial charge in [0.1, 0.15) is 11.4 Å². The summed E-state index contributed by atoms with van der Waals surface area (Å²) in [6, 6.07) is 6.20. The number of hydrogen-bond donors (Lipinski definition) is 1. The van der Waals surface area contributed by atoms with Crippen LogP contribution in [0.25, 0.3) is 0 Å². The molecule has 0 spiro atoms. The van der Waals surface area contributed by atoms with Gasteiger partial charge in [0, 0.05) is 17.3 Å². The molecule has 110 valence electrons. The lowest BCUT2D eigenvalue weighted by molar-refractivity contribution is 0.0527. The van der Waals surface area contributed by atoms with Crippen LogP contribution in [0.1, 0.15) is 17.3 Å². The molecule has 0 aliphatic rings. The van der Waals surface area contributed by atoms with E-state index in [9.17, 15) is 4.79 Å². The Morgan fingerprint density at radius 3 is 2.81 bits per heavy atom. The summed E-state index contributed by atoms with van der Waals surface area (Å²) in [4.78, 5) is 15.7. The third kappa shape index (κ3) is 3.56. The number of halogens is 2. The summed E-state index contributed by atoms with van der Waals surface area (Å²) in [6.45, 7) is 1.95. The molecule has 0 fully saturated rings. The van der Waals surface area contributed by atoms with Crippen molar-refractivity contribution in [2.45, 2.75) is 6.92 Å². The minimum atomic E-state index is -0.542. The Bertz CT molecular complexity index is 677. The van der Waals surface area contributed by atoms with Gasteiger partial charge >= 0.3 is 5.97 Å². The van der Waals surface area contributed by atoms with Gasteiger partial charge in [-0.1, -0.05) is 23.2 Å².